The van der Waals surface area contributed by atoms with Gasteiger partial charge in [0.1, 0.15) is 5.65 Å². The lowest BCUT2D eigenvalue weighted by Crippen LogP contribution is -2.15. The van der Waals surface area contributed by atoms with Crippen molar-refractivity contribution in [3.63, 3.8) is 0 Å². The third-order valence-corrected chi connectivity index (χ3v) is 5.64. The first-order chi connectivity index (χ1) is 15.2. The molecule has 0 aliphatic rings. The number of halogens is 3. The smallest absolute Gasteiger partial charge is 0.339 e. The second kappa shape index (κ2) is 7.09. The maximum atomic E-state index is 13.1. The van der Waals surface area contributed by atoms with Gasteiger partial charge in [-0.2, -0.15) is 22.8 Å². The summed E-state index contributed by atoms with van der Waals surface area (Å²) in [6.07, 6.45) is -4.38. The third-order valence-electron chi connectivity index (χ3n) is 5.64. The van der Waals surface area contributed by atoms with Crippen molar-refractivity contribution in [3.05, 3.63) is 93.9 Å². The molecule has 4 nitrogen and oxygen atoms in total. The molecule has 32 heavy (non-hydrogen) atoms. The highest BCUT2D eigenvalue weighted by Gasteiger charge is 2.30. The first-order valence-electron chi connectivity index (χ1n) is 10.0. The van der Waals surface area contributed by atoms with Crippen molar-refractivity contribution in [2.24, 2.45) is 0 Å². The number of rotatable bonds is 2. The molecular formula is C25H18F3N3O. The second-order valence-electron chi connectivity index (χ2n) is 7.85. The van der Waals surface area contributed by atoms with Crippen LogP contribution in [0.4, 0.5) is 13.2 Å². The Balaban J connectivity index is 1.69. The molecule has 5 aromatic rings. The summed E-state index contributed by atoms with van der Waals surface area (Å²) in [5, 5.41) is 4.89. The van der Waals surface area contributed by atoms with Gasteiger partial charge in [-0.1, -0.05) is 48.0 Å². The van der Waals surface area contributed by atoms with Crippen LogP contribution >= 0.6 is 0 Å². The molecule has 5 rings (SSSR count). The minimum Gasteiger partial charge on any atom is -0.339 e. The monoisotopic (exact) mass is 433 g/mol. The molecule has 0 fully saturated rings. The lowest BCUT2D eigenvalue weighted by molar-refractivity contribution is -0.137. The summed E-state index contributed by atoms with van der Waals surface area (Å²) in [5.41, 5.74) is 5.18. The zero-order valence-corrected chi connectivity index (χ0v) is 17.3. The van der Waals surface area contributed by atoms with Gasteiger partial charge in [-0.3, -0.25) is 4.79 Å². The van der Waals surface area contributed by atoms with Crippen molar-refractivity contribution in [2.75, 3.05) is 0 Å². The maximum Gasteiger partial charge on any atom is 0.416 e. The summed E-state index contributed by atoms with van der Waals surface area (Å²) in [4.78, 5) is 16.4. The summed E-state index contributed by atoms with van der Waals surface area (Å²) in [6.45, 7) is 3.86. The first-order valence-corrected chi connectivity index (χ1v) is 10.0. The fourth-order valence-electron chi connectivity index (χ4n) is 3.96. The number of nitrogens with zero attached hydrogens (tertiary/aromatic N) is 2. The van der Waals surface area contributed by atoms with E-state index in [9.17, 15) is 18.0 Å². The molecule has 0 saturated carbocycles. The van der Waals surface area contributed by atoms with Gasteiger partial charge in [-0.05, 0) is 54.8 Å². The minimum absolute atomic E-state index is 0.255. The molecule has 0 aliphatic heterocycles. The molecular weight excluding hydrogens is 415 g/mol. The summed E-state index contributed by atoms with van der Waals surface area (Å²) in [6, 6.07) is 18.1. The Hall–Kier alpha value is -3.87. The van der Waals surface area contributed by atoms with E-state index in [1.54, 1.807) is 18.2 Å². The van der Waals surface area contributed by atoms with Crippen molar-refractivity contribution in [1.82, 2.24) is 14.6 Å². The molecule has 7 heteroatoms. The highest BCUT2D eigenvalue weighted by molar-refractivity contribution is 5.88. The number of aryl methyl sites for hydroxylation is 2. The molecule has 2 heterocycles. The number of aromatic nitrogens is 3. The van der Waals surface area contributed by atoms with Crippen molar-refractivity contribution >= 4 is 16.6 Å². The van der Waals surface area contributed by atoms with Crippen molar-refractivity contribution < 1.29 is 13.2 Å². The largest absolute Gasteiger partial charge is 0.416 e. The molecule has 0 bridgehead atoms. The molecule has 0 radical (unpaired) electrons. The number of hydrogen-bond donors (Lipinski definition) is 1. The summed E-state index contributed by atoms with van der Waals surface area (Å²) >= 11 is 0. The molecule has 0 aliphatic carbocycles. The van der Waals surface area contributed by atoms with Gasteiger partial charge in [0.15, 0.2) is 0 Å². The highest BCUT2D eigenvalue weighted by atomic mass is 19.4. The topological polar surface area (TPSA) is 50.2 Å². The number of H-pyrrole nitrogens is 1. The summed E-state index contributed by atoms with van der Waals surface area (Å²) in [5.74, 6) is 0. The van der Waals surface area contributed by atoms with E-state index in [0.717, 1.165) is 34.5 Å². The Bertz CT molecular complexity index is 1530. The van der Waals surface area contributed by atoms with E-state index < -0.39 is 11.7 Å². The van der Waals surface area contributed by atoms with Gasteiger partial charge in [0.2, 0.25) is 0 Å². The molecule has 0 unspecified atom stereocenters. The van der Waals surface area contributed by atoms with Crippen molar-refractivity contribution in [1.29, 1.82) is 0 Å². The van der Waals surface area contributed by atoms with Crippen molar-refractivity contribution in [2.45, 2.75) is 20.0 Å². The molecule has 0 saturated heterocycles. The fraction of sp³-hybridized carbons (Fsp3) is 0.120. The SMILES string of the molecule is Cc1ccc(-c2c(C)nn3c(=O)c4ccc(-c5ccc(C(F)(F)F)cc5)cc4[nH]c23)cc1. The number of hydrogen-bond acceptors (Lipinski definition) is 2. The molecule has 3 aromatic carbocycles. The van der Waals surface area contributed by atoms with Crippen LogP contribution < -0.4 is 5.56 Å². The average Bonchev–Trinajstić information content (AvgIpc) is 3.10. The molecule has 0 atom stereocenters. The van der Waals surface area contributed by atoms with Gasteiger partial charge in [-0.15, -0.1) is 0 Å². The Morgan fingerprint density at radius 3 is 2.12 bits per heavy atom. The Morgan fingerprint density at radius 1 is 0.844 bits per heavy atom. The van der Waals surface area contributed by atoms with Crippen LogP contribution in [0.2, 0.25) is 0 Å². The van der Waals surface area contributed by atoms with Crippen LogP contribution in [0, 0.1) is 13.8 Å². The van der Waals surface area contributed by atoms with Gasteiger partial charge < -0.3 is 4.98 Å². The maximum absolute atomic E-state index is 13.1. The van der Waals surface area contributed by atoms with E-state index in [4.69, 9.17) is 0 Å². The van der Waals surface area contributed by atoms with Crippen LogP contribution in [0.3, 0.4) is 0 Å². The minimum atomic E-state index is -4.38. The van der Waals surface area contributed by atoms with Crippen LogP contribution in [0.1, 0.15) is 16.8 Å². The van der Waals surface area contributed by atoms with E-state index in [1.165, 1.54) is 16.6 Å². The number of alkyl halides is 3. The predicted octanol–water partition coefficient (Wildman–Crippen LogP) is 6.15. The quantitative estimate of drug-likeness (QED) is 0.363. The summed E-state index contributed by atoms with van der Waals surface area (Å²) < 4.78 is 40.0. The lowest BCUT2D eigenvalue weighted by Gasteiger charge is -2.09. The Kier molecular flexibility index (Phi) is 4.44. The van der Waals surface area contributed by atoms with Gasteiger partial charge in [0.05, 0.1) is 22.2 Å². The van der Waals surface area contributed by atoms with Crippen LogP contribution in [-0.2, 0) is 6.18 Å². The molecule has 0 amide bonds. The Morgan fingerprint density at radius 2 is 1.47 bits per heavy atom. The number of benzene rings is 3. The van der Waals surface area contributed by atoms with Gasteiger partial charge in [0.25, 0.3) is 5.56 Å². The fourth-order valence-corrected chi connectivity index (χ4v) is 3.96. The van der Waals surface area contributed by atoms with Crippen LogP contribution in [0.15, 0.2) is 71.5 Å². The van der Waals surface area contributed by atoms with E-state index >= 15 is 0 Å². The highest BCUT2D eigenvalue weighted by Crippen LogP contribution is 2.32. The average molecular weight is 433 g/mol. The van der Waals surface area contributed by atoms with Crippen LogP contribution in [0.5, 0.6) is 0 Å². The van der Waals surface area contributed by atoms with E-state index in [0.29, 0.717) is 27.7 Å². The second-order valence-corrected chi connectivity index (χ2v) is 7.85. The summed E-state index contributed by atoms with van der Waals surface area (Å²) in [7, 11) is 0. The number of fused-ring (bicyclic) bond motifs is 2. The predicted molar refractivity (Wildman–Crippen MR) is 119 cm³/mol. The van der Waals surface area contributed by atoms with E-state index in [2.05, 4.69) is 10.1 Å². The zero-order chi connectivity index (χ0) is 22.6. The third kappa shape index (κ3) is 3.26. The zero-order valence-electron chi connectivity index (χ0n) is 17.3. The van der Waals surface area contributed by atoms with Gasteiger partial charge in [0, 0.05) is 5.56 Å². The molecule has 160 valence electrons. The first kappa shape index (κ1) is 20.1. The number of aromatic amines is 1. The van der Waals surface area contributed by atoms with Crippen molar-refractivity contribution in [3.8, 4) is 22.3 Å². The molecule has 0 spiro atoms. The van der Waals surface area contributed by atoms with E-state index in [1.807, 2.05) is 38.1 Å². The lowest BCUT2D eigenvalue weighted by atomic mass is 10.0. The van der Waals surface area contributed by atoms with Crippen LogP contribution in [0.25, 0.3) is 38.8 Å². The van der Waals surface area contributed by atoms with Crippen LogP contribution in [-0.4, -0.2) is 14.6 Å². The van der Waals surface area contributed by atoms with E-state index in [-0.39, 0.29) is 5.56 Å². The number of nitrogens with one attached hydrogen (secondary N) is 1. The van der Waals surface area contributed by atoms with Gasteiger partial charge in [-0.25, -0.2) is 0 Å². The molecule has 2 aromatic heterocycles. The molecule has 1 N–H and O–H groups in total. The van der Waals surface area contributed by atoms with Gasteiger partial charge >= 0.3 is 6.18 Å². The normalized spacial score (nSPS) is 12.0. The standard InChI is InChI=1S/C25H18F3N3O/c1-14-3-5-17(6-4-14)22-15(2)30-31-23(22)29-21-13-18(9-12-20(21)24(31)32)16-7-10-19(11-8-16)25(26,27)28/h3-13,29H,1-2H3. The Labute approximate surface area is 181 Å².